The Kier molecular flexibility index (Phi) is 7.81. The molecule has 3 nitrogen and oxygen atoms in total. The molecule has 1 aromatic rings. The van der Waals surface area contributed by atoms with E-state index in [0.29, 0.717) is 6.61 Å². The van der Waals surface area contributed by atoms with Crippen LogP contribution < -0.4 is 14.8 Å². The van der Waals surface area contributed by atoms with Crippen molar-refractivity contribution in [1.29, 1.82) is 0 Å². The fraction of sp³-hybridized carbons (Fsp3) is 0.529. The number of unbranched alkanes of at least 4 members (excludes halogenated alkanes) is 1. The second kappa shape index (κ2) is 9.43. The van der Waals surface area contributed by atoms with Gasteiger partial charge in [0, 0.05) is 17.7 Å². The zero-order valence-corrected chi connectivity index (χ0v) is 12.9. The van der Waals surface area contributed by atoms with Gasteiger partial charge in [-0.25, -0.2) is 0 Å². The highest BCUT2D eigenvalue weighted by Gasteiger charge is 2.12. The molecule has 0 radical (unpaired) electrons. The molecule has 0 aliphatic heterocycles. The largest absolute Gasteiger partial charge is 0.497 e. The highest BCUT2D eigenvalue weighted by Crippen LogP contribution is 2.29. The summed E-state index contributed by atoms with van der Waals surface area (Å²) in [5.74, 6) is 1.74. The second-order valence-corrected chi connectivity index (χ2v) is 4.86. The van der Waals surface area contributed by atoms with Gasteiger partial charge in [-0.1, -0.05) is 19.1 Å². The summed E-state index contributed by atoms with van der Waals surface area (Å²) in [5.41, 5.74) is 1.18. The standard InChI is InChI=1S/C17H27NO2/c1-5-7-8-12-20-17-13-15(19-4)9-10-16(17)14(3)18-11-6-2/h5,9-10,13-14,18H,1,6-8,11-12H2,2-4H3. The van der Waals surface area contributed by atoms with Gasteiger partial charge in [0.1, 0.15) is 11.5 Å². The van der Waals surface area contributed by atoms with E-state index in [1.807, 2.05) is 18.2 Å². The SMILES string of the molecule is C=CCCCOc1cc(OC)ccc1C(C)NCCC. The molecule has 0 saturated heterocycles. The van der Waals surface area contributed by atoms with Crippen LogP contribution in [-0.4, -0.2) is 20.3 Å². The van der Waals surface area contributed by atoms with Gasteiger partial charge in [-0.2, -0.15) is 0 Å². The molecule has 1 atom stereocenters. The zero-order valence-electron chi connectivity index (χ0n) is 12.9. The fourth-order valence-electron chi connectivity index (χ4n) is 2.00. The van der Waals surface area contributed by atoms with E-state index >= 15 is 0 Å². The van der Waals surface area contributed by atoms with Crippen LogP contribution in [0.25, 0.3) is 0 Å². The summed E-state index contributed by atoms with van der Waals surface area (Å²) in [4.78, 5) is 0. The van der Waals surface area contributed by atoms with Crippen molar-refractivity contribution >= 4 is 0 Å². The third-order valence-corrected chi connectivity index (χ3v) is 3.20. The van der Waals surface area contributed by atoms with Gasteiger partial charge in [0.05, 0.1) is 13.7 Å². The first kappa shape index (κ1) is 16.6. The molecule has 1 aromatic carbocycles. The summed E-state index contributed by atoms with van der Waals surface area (Å²) >= 11 is 0. The van der Waals surface area contributed by atoms with Gasteiger partial charge in [0.15, 0.2) is 0 Å². The smallest absolute Gasteiger partial charge is 0.127 e. The molecule has 112 valence electrons. The third kappa shape index (κ3) is 5.25. The lowest BCUT2D eigenvalue weighted by Crippen LogP contribution is -2.20. The summed E-state index contributed by atoms with van der Waals surface area (Å²) in [6.07, 6.45) is 5.00. The van der Waals surface area contributed by atoms with Crippen LogP contribution in [0, 0.1) is 0 Å². The summed E-state index contributed by atoms with van der Waals surface area (Å²) in [6, 6.07) is 6.30. The van der Waals surface area contributed by atoms with Gasteiger partial charge < -0.3 is 14.8 Å². The molecule has 0 saturated carbocycles. The van der Waals surface area contributed by atoms with Crippen molar-refractivity contribution in [3.05, 3.63) is 36.4 Å². The number of methoxy groups -OCH3 is 1. The first-order valence-corrected chi connectivity index (χ1v) is 7.38. The minimum absolute atomic E-state index is 0.273. The molecule has 3 heteroatoms. The van der Waals surface area contributed by atoms with Crippen LogP contribution in [0.15, 0.2) is 30.9 Å². The van der Waals surface area contributed by atoms with Gasteiger partial charge in [0.2, 0.25) is 0 Å². The van der Waals surface area contributed by atoms with E-state index < -0.39 is 0 Å². The number of nitrogens with one attached hydrogen (secondary N) is 1. The van der Waals surface area contributed by atoms with E-state index in [9.17, 15) is 0 Å². The topological polar surface area (TPSA) is 30.5 Å². The van der Waals surface area contributed by atoms with Crippen molar-refractivity contribution in [2.75, 3.05) is 20.3 Å². The lowest BCUT2D eigenvalue weighted by molar-refractivity contribution is 0.303. The van der Waals surface area contributed by atoms with Crippen molar-refractivity contribution in [3.63, 3.8) is 0 Å². The van der Waals surface area contributed by atoms with Gasteiger partial charge in [0.25, 0.3) is 0 Å². The molecule has 20 heavy (non-hydrogen) atoms. The first-order valence-electron chi connectivity index (χ1n) is 7.38. The third-order valence-electron chi connectivity index (χ3n) is 3.20. The fourth-order valence-corrected chi connectivity index (χ4v) is 2.00. The summed E-state index contributed by atoms with van der Waals surface area (Å²) < 4.78 is 11.2. The van der Waals surface area contributed by atoms with Crippen molar-refractivity contribution in [3.8, 4) is 11.5 Å². The molecule has 0 aromatic heterocycles. The monoisotopic (exact) mass is 277 g/mol. The van der Waals surface area contributed by atoms with Crippen LogP contribution in [-0.2, 0) is 0 Å². The minimum atomic E-state index is 0.273. The average Bonchev–Trinajstić information content (AvgIpc) is 2.49. The Morgan fingerprint density at radius 3 is 2.85 bits per heavy atom. The molecule has 0 aliphatic carbocycles. The molecule has 0 amide bonds. The maximum Gasteiger partial charge on any atom is 0.127 e. The highest BCUT2D eigenvalue weighted by atomic mass is 16.5. The Hall–Kier alpha value is -1.48. The van der Waals surface area contributed by atoms with Crippen LogP contribution in [0.4, 0.5) is 0 Å². The maximum atomic E-state index is 5.92. The molecule has 0 fully saturated rings. The Morgan fingerprint density at radius 1 is 1.40 bits per heavy atom. The van der Waals surface area contributed by atoms with Gasteiger partial charge >= 0.3 is 0 Å². The predicted octanol–water partition coefficient (Wildman–Crippen LogP) is 4.10. The quantitative estimate of drug-likeness (QED) is 0.516. The van der Waals surface area contributed by atoms with E-state index in [4.69, 9.17) is 9.47 Å². The van der Waals surface area contributed by atoms with Gasteiger partial charge in [-0.15, -0.1) is 6.58 Å². The number of rotatable bonds is 10. The van der Waals surface area contributed by atoms with E-state index in [2.05, 4.69) is 31.8 Å². The van der Waals surface area contributed by atoms with E-state index in [0.717, 1.165) is 37.3 Å². The predicted molar refractivity (Wildman–Crippen MR) is 84.6 cm³/mol. The minimum Gasteiger partial charge on any atom is -0.497 e. The average molecular weight is 277 g/mol. The first-order chi connectivity index (χ1) is 9.72. The van der Waals surface area contributed by atoms with Gasteiger partial charge in [-0.05, 0) is 38.8 Å². The Bertz CT molecular complexity index is 404. The van der Waals surface area contributed by atoms with Crippen LogP contribution in [0.1, 0.15) is 44.7 Å². The normalized spacial score (nSPS) is 11.9. The van der Waals surface area contributed by atoms with Gasteiger partial charge in [-0.3, -0.25) is 0 Å². The molecule has 0 aliphatic rings. The van der Waals surface area contributed by atoms with E-state index in [-0.39, 0.29) is 6.04 Å². The molecule has 0 heterocycles. The molecular formula is C17H27NO2. The molecule has 1 unspecified atom stereocenters. The van der Waals surface area contributed by atoms with Crippen LogP contribution in [0.2, 0.25) is 0 Å². The van der Waals surface area contributed by atoms with Crippen LogP contribution in [0.5, 0.6) is 11.5 Å². The Balaban J connectivity index is 2.77. The van der Waals surface area contributed by atoms with Crippen molar-refractivity contribution in [2.45, 2.75) is 39.2 Å². The summed E-state index contributed by atoms with van der Waals surface area (Å²) in [6.45, 7) is 9.76. The molecule has 0 spiro atoms. The number of ether oxygens (including phenoxy) is 2. The molecule has 1 rings (SSSR count). The highest BCUT2D eigenvalue weighted by molar-refractivity contribution is 5.42. The van der Waals surface area contributed by atoms with Crippen molar-refractivity contribution < 1.29 is 9.47 Å². The molecule has 0 bridgehead atoms. The summed E-state index contributed by atoms with van der Waals surface area (Å²) in [7, 11) is 1.68. The van der Waals surface area contributed by atoms with Crippen molar-refractivity contribution in [2.24, 2.45) is 0 Å². The van der Waals surface area contributed by atoms with Crippen LogP contribution in [0.3, 0.4) is 0 Å². The lowest BCUT2D eigenvalue weighted by Gasteiger charge is -2.19. The number of allylic oxidation sites excluding steroid dienone is 1. The zero-order chi connectivity index (χ0) is 14.8. The Labute approximate surface area is 123 Å². The van der Waals surface area contributed by atoms with Crippen molar-refractivity contribution in [1.82, 2.24) is 5.32 Å². The second-order valence-electron chi connectivity index (χ2n) is 4.86. The maximum absolute atomic E-state index is 5.92. The van der Waals surface area contributed by atoms with Crippen LogP contribution >= 0.6 is 0 Å². The number of benzene rings is 1. The summed E-state index contributed by atoms with van der Waals surface area (Å²) in [5, 5.41) is 3.49. The Morgan fingerprint density at radius 2 is 2.20 bits per heavy atom. The van der Waals surface area contributed by atoms with E-state index in [1.54, 1.807) is 7.11 Å². The number of hydrogen-bond acceptors (Lipinski definition) is 3. The van der Waals surface area contributed by atoms with E-state index in [1.165, 1.54) is 5.56 Å². The molecular weight excluding hydrogens is 250 g/mol. The lowest BCUT2D eigenvalue weighted by atomic mass is 10.1. The molecule has 1 N–H and O–H groups in total. The number of hydrogen-bond donors (Lipinski definition) is 1.